The topological polar surface area (TPSA) is 98.7 Å². The molecule has 0 spiro atoms. The number of nitrogens with two attached hydrogens (primary N) is 1. The molecular formula is C14H21N3O4. The Labute approximate surface area is 123 Å². The molecule has 1 amide bonds. The van der Waals surface area contributed by atoms with E-state index in [4.69, 9.17) is 10.5 Å². The lowest BCUT2D eigenvalue weighted by Crippen LogP contribution is -2.39. The van der Waals surface area contributed by atoms with Gasteiger partial charge in [-0.1, -0.05) is 13.8 Å². The zero-order valence-corrected chi connectivity index (χ0v) is 12.8. The highest BCUT2D eigenvalue weighted by molar-refractivity contribution is 5.98. The fraction of sp³-hybridized carbons (Fsp3) is 0.500. The van der Waals surface area contributed by atoms with Crippen LogP contribution in [0.4, 0.5) is 5.69 Å². The molecule has 0 aromatic heterocycles. The summed E-state index contributed by atoms with van der Waals surface area (Å²) in [6.45, 7) is 4.66. The van der Waals surface area contributed by atoms with Crippen LogP contribution in [0.3, 0.4) is 0 Å². The molecule has 0 aliphatic heterocycles. The van der Waals surface area contributed by atoms with E-state index in [1.54, 1.807) is 7.05 Å². The van der Waals surface area contributed by atoms with Gasteiger partial charge in [-0.25, -0.2) is 0 Å². The Hall–Kier alpha value is -2.15. The first-order valence-electron chi connectivity index (χ1n) is 6.50. The van der Waals surface area contributed by atoms with Gasteiger partial charge >= 0.3 is 0 Å². The number of nitro benzene ring substituents is 1. The molecule has 0 fully saturated rings. The normalized spacial score (nSPS) is 11.1. The average Bonchev–Trinajstić information content (AvgIpc) is 2.45. The van der Waals surface area contributed by atoms with Crippen molar-refractivity contribution in [2.75, 3.05) is 27.2 Å². The highest BCUT2D eigenvalue weighted by Crippen LogP contribution is 2.26. The van der Waals surface area contributed by atoms with Gasteiger partial charge in [0.1, 0.15) is 11.3 Å². The number of carbonyl (C=O) groups excluding carboxylic acids is 1. The summed E-state index contributed by atoms with van der Waals surface area (Å²) in [6, 6.07) is 4.11. The molecule has 21 heavy (non-hydrogen) atoms. The van der Waals surface area contributed by atoms with Crippen molar-refractivity contribution in [1.29, 1.82) is 0 Å². The predicted octanol–water partition coefficient (Wildman–Crippen LogP) is 1.66. The Bertz CT molecular complexity index is 543. The zero-order valence-electron chi connectivity index (χ0n) is 12.8. The smallest absolute Gasteiger partial charge is 0.282 e. The first-order chi connectivity index (χ1) is 9.71. The van der Waals surface area contributed by atoms with E-state index < -0.39 is 10.8 Å². The molecule has 7 heteroatoms. The minimum Gasteiger partial charge on any atom is -0.497 e. The van der Waals surface area contributed by atoms with Crippen LogP contribution in [0.25, 0.3) is 0 Å². The standard InChI is InChI=1S/C14H21N3O4/c1-14(2,8-15)9-16(3)13(18)11-7-10(21-4)5-6-12(11)17(19)20/h5-7H,8-9,15H2,1-4H3. The van der Waals surface area contributed by atoms with Gasteiger partial charge in [-0.3, -0.25) is 14.9 Å². The quantitative estimate of drug-likeness (QED) is 0.635. The Morgan fingerprint density at radius 2 is 2.10 bits per heavy atom. The van der Waals surface area contributed by atoms with E-state index in [0.29, 0.717) is 18.8 Å². The lowest BCUT2D eigenvalue weighted by atomic mass is 9.93. The van der Waals surface area contributed by atoms with Gasteiger partial charge in [0.05, 0.1) is 12.0 Å². The van der Waals surface area contributed by atoms with Crippen LogP contribution in [0.5, 0.6) is 5.75 Å². The Morgan fingerprint density at radius 3 is 2.57 bits per heavy atom. The van der Waals surface area contributed by atoms with E-state index in [2.05, 4.69) is 0 Å². The van der Waals surface area contributed by atoms with Gasteiger partial charge in [0.15, 0.2) is 0 Å². The third-order valence-corrected chi connectivity index (χ3v) is 3.20. The third-order valence-electron chi connectivity index (χ3n) is 3.20. The molecule has 0 heterocycles. The fourth-order valence-electron chi connectivity index (χ4n) is 1.96. The van der Waals surface area contributed by atoms with Gasteiger partial charge < -0.3 is 15.4 Å². The van der Waals surface area contributed by atoms with Crippen LogP contribution < -0.4 is 10.5 Å². The molecule has 1 aromatic rings. The summed E-state index contributed by atoms with van der Waals surface area (Å²) in [5, 5.41) is 11.1. The van der Waals surface area contributed by atoms with Gasteiger partial charge in [-0.15, -0.1) is 0 Å². The van der Waals surface area contributed by atoms with Crippen molar-refractivity contribution < 1.29 is 14.5 Å². The maximum absolute atomic E-state index is 12.5. The molecule has 0 atom stereocenters. The number of hydrogen-bond donors (Lipinski definition) is 1. The van der Waals surface area contributed by atoms with Crippen LogP contribution >= 0.6 is 0 Å². The summed E-state index contributed by atoms with van der Waals surface area (Å²) in [5.41, 5.74) is 5.16. The van der Waals surface area contributed by atoms with Crippen LogP contribution in [-0.4, -0.2) is 43.0 Å². The number of methoxy groups -OCH3 is 1. The van der Waals surface area contributed by atoms with Gasteiger partial charge in [0.2, 0.25) is 0 Å². The van der Waals surface area contributed by atoms with Gasteiger partial charge in [-0.2, -0.15) is 0 Å². The van der Waals surface area contributed by atoms with Crippen molar-refractivity contribution in [1.82, 2.24) is 4.90 Å². The van der Waals surface area contributed by atoms with Crippen LogP contribution in [0.1, 0.15) is 24.2 Å². The maximum Gasteiger partial charge on any atom is 0.282 e. The first kappa shape index (κ1) is 16.9. The largest absolute Gasteiger partial charge is 0.497 e. The minimum atomic E-state index is -0.575. The average molecular weight is 295 g/mol. The number of rotatable bonds is 6. The lowest BCUT2D eigenvalue weighted by Gasteiger charge is -2.29. The molecule has 1 rings (SSSR count). The number of benzene rings is 1. The van der Waals surface area contributed by atoms with Crippen molar-refractivity contribution in [3.63, 3.8) is 0 Å². The monoisotopic (exact) mass is 295 g/mol. The molecule has 1 aromatic carbocycles. The molecular weight excluding hydrogens is 274 g/mol. The fourth-order valence-corrected chi connectivity index (χ4v) is 1.96. The molecule has 0 bridgehead atoms. The SMILES string of the molecule is COc1ccc([N+](=O)[O-])c(C(=O)N(C)CC(C)(C)CN)c1. The van der Waals surface area contributed by atoms with Gasteiger partial charge in [-0.05, 0) is 24.1 Å². The van der Waals surface area contributed by atoms with Crippen LogP contribution in [0.15, 0.2) is 18.2 Å². The van der Waals surface area contributed by atoms with E-state index >= 15 is 0 Å². The molecule has 0 saturated carbocycles. The van der Waals surface area contributed by atoms with Crippen molar-refractivity contribution in [3.8, 4) is 5.75 Å². The predicted molar refractivity (Wildman–Crippen MR) is 79.4 cm³/mol. The summed E-state index contributed by atoms with van der Waals surface area (Å²) in [6.07, 6.45) is 0. The van der Waals surface area contributed by atoms with E-state index in [1.807, 2.05) is 13.8 Å². The van der Waals surface area contributed by atoms with Crippen molar-refractivity contribution >= 4 is 11.6 Å². The van der Waals surface area contributed by atoms with E-state index in [0.717, 1.165) is 0 Å². The Morgan fingerprint density at radius 1 is 1.48 bits per heavy atom. The number of nitrogens with zero attached hydrogens (tertiary/aromatic N) is 2. The first-order valence-corrected chi connectivity index (χ1v) is 6.50. The summed E-state index contributed by atoms with van der Waals surface area (Å²) >= 11 is 0. The molecule has 0 saturated heterocycles. The number of hydrogen-bond acceptors (Lipinski definition) is 5. The second kappa shape index (κ2) is 6.53. The zero-order chi connectivity index (χ0) is 16.2. The molecule has 0 unspecified atom stereocenters. The molecule has 0 radical (unpaired) electrons. The van der Waals surface area contributed by atoms with Crippen LogP contribution in [-0.2, 0) is 0 Å². The van der Waals surface area contributed by atoms with Crippen molar-refractivity contribution in [2.45, 2.75) is 13.8 Å². The summed E-state index contributed by atoms with van der Waals surface area (Å²) < 4.78 is 5.03. The van der Waals surface area contributed by atoms with Gasteiger partial charge in [0.25, 0.3) is 11.6 Å². The minimum absolute atomic E-state index is 0.00896. The highest BCUT2D eigenvalue weighted by Gasteiger charge is 2.27. The maximum atomic E-state index is 12.5. The Kier molecular flexibility index (Phi) is 5.26. The molecule has 0 aliphatic rings. The lowest BCUT2D eigenvalue weighted by molar-refractivity contribution is -0.385. The van der Waals surface area contributed by atoms with Crippen molar-refractivity contribution in [2.24, 2.45) is 11.1 Å². The molecule has 0 aliphatic carbocycles. The molecule has 2 N–H and O–H groups in total. The summed E-state index contributed by atoms with van der Waals surface area (Å²) in [7, 11) is 3.04. The second-order valence-corrected chi connectivity index (χ2v) is 5.67. The Balaban J connectivity index is 3.13. The van der Waals surface area contributed by atoms with E-state index in [1.165, 1.54) is 30.2 Å². The highest BCUT2D eigenvalue weighted by atomic mass is 16.6. The second-order valence-electron chi connectivity index (χ2n) is 5.67. The molecule has 7 nitrogen and oxygen atoms in total. The van der Waals surface area contributed by atoms with Crippen molar-refractivity contribution in [3.05, 3.63) is 33.9 Å². The summed E-state index contributed by atoms with van der Waals surface area (Å²) in [5.74, 6) is -0.0300. The van der Waals surface area contributed by atoms with E-state index in [-0.39, 0.29) is 16.7 Å². The number of nitro groups is 1. The van der Waals surface area contributed by atoms with Gasteiger partial charge in [0, 0.05) is 19.7 Å². The van der Waals surface area contributed by atoms with Crippen LogP contribution in [0.2, 0.25) is 0 Å². The molecule has 116 valence electrons. The number of ether oxygens (including phenoxy) is 1. The number of carbonyl (C=O) groups is 1. The number of amides is 1. The third kappa shape index (κ3) is 4.16. The summed E-state index contributed by atoms with van der Waals surface area (Å²) in [4.78, 5) is 24.4. The van der Waals surface area contributed by atoms with E-state index in [9.17, 15) is 14.9 Å². The van der Waals surface area contributed by atoms with Crippen LogP contribution in [0, 0.1) is 15.5 Å².